The molecule has 0 aliphatic carbocycles. The Balaban J connectivity index is 1.94. The molecule has 1 saturated heterocycles. The van der Waals surface area contributed by atoms with Crippen molar-refractivity contribution in [2.45, 2.75) is 25.1 Å². The third-order valence-electron chi connectivity index (χ3n) is 3.60. The molecule has 1 aromatic carbocycles. The molecule has 3 rings (SSSR count). The number of piperidine rings is 1. The molecule has 0 atom stereocenters. The van der Waals surface area contributed by atoms with Gasteiger partial charge in [-0.25, -0.2) is 4.98 Å². The molecule has 19 heavy (non-hydrogen) atoms. The van der Waals surface area contributed by atoms with Gasteiger partial charge in [-0.15, -0.1) is 11.6 Å². The Morgan fingerprint density at radius 1 is 1.11 bits per heavy atom. The summed E-state index contributed by atoms with van der Waals surface area (Å²) in [7, 11) is 0. The van der Waals surface area contributed by atoms with E-state index in [2.05, 4.69) is 22.0 Å². The standard InChI is InChI=1S/C15H18ClN3/c16-11-13-14(12-7-3-1-4-8-12)18-15(17-13)19-9-5-2-6-10-19/h1,3-4,7-8H,2,5-6,9-11H2,(H,17,18). The van der Waals surface area contributed by atoms with E-state index < -0.39 is 0 Å². The summed E-state index contributed by atoms with van der Waals surface area (Å²) in [5.41, 5.74) is 3.11. The molecule has 2 heterocycles. The summed E-state index contributed by atoms with van der Waals surface area (Å²) in [5.74, 6) is 1.43. The molecule has 1 aromatic heterocycles. The fraction of sp³-hybridized carbons (Fsp3) is 0.400. The number of aromatic nitrogens is 2. The third kappa shape index (κ3) is 2.61. The van der Waals surface area contributed by atoms with Gasteiger partial charge in [0.25, 0.3) is 0 Å². The molecule has 0 bridgehead atoms. The van der Waals surface area contributed by atoms with E-state index in [1.165, 1.54) is 19.3 Å². The van der Waals surface area contributed by atoms with Gasteiger partial charge in [-0.1, -0.05) is 30.3 Å². The fourth-order valence-electron chi connectivity index (χ4n) is 2.58. The number of nitrogens with one attached hydrogen (secondary N) is 1. The molecule has 1 aliphatic rings. The first kappa shape index (κ1) is 12.5. The van der Waals surface area contributed by atoms with Crippen LogP contribution in [0.3, 0.4) is 0 Å². The summed E-state index contributed by atoms with van der Waals surface area (Å²) in [6.07, 6.45) is 3.82. The highest BCUT2D eigenvalue weighted by molar-refractivity contribution is 6.17. The minimum atomic E-state index is 0.463. The van der Waals surface area contributed by atoms with Crippen LogP contribution in [0.25, 0.3) is 11.3 Å². The van der Waals surface area contributed by atoms with Crippen molar-refractivity contribution < 1.29 is 0 Å². The van der Waals surface area contributed by atoms with Gasteiger partial charge < -0.3 is 9.88 Å². The van der Waals surface area contributed by atoms with Gasteiger partial charge in [0.15, 0.2) is 0 Å². The Kier molecular flexibility index (Phi) is 3.74. The van der Waals surface area contributed by atoms with Crippen molar-refractivity contribution in [1.82, 2.24) is 9.97 Å². The number of hydrogen-bond donors (Lipinski definition) is 1. The molecule has 0 radical (unpaired) electrons. The summed E-state index contributed by atoms with van der Waals surface area (Å²) >= 11 is 6.04. The lowest BCUT2D eigenvalue weighted by Gasteiger charge is -2.25. The van der Waals surface area contributed by atoms with Crippen LogP contribution >= 0.6 is 11.6 Å². The second kappa shape index (κ2) is 5.66. The van der Waals surface area contributed by atoms with Crippen molar-refractivity contribution in [3.8, 4) is 11.3 Å². The topological polar surface area (TPSA) is 31.9 Å². The van der Waals surface area contributed by atoms with E-state index in [-0.39, 0.29) is 0 Å². The van der Waals surface area contributed by atoms with Gasteiger partial charge in [-0.2, -0.15) is 0 Å². The van der Waals surface area contributed by atoms with E-state index in [1.54, 1.807) is 0 Å². The molecule has 4 heteroatoms. The summed E-state index contributed by atoms with van der Waals surface area (Å²) in [5, 5.41) is 0. The number of anilines is 1. The minimum absolute atomic E-state index is 0.463. The third-order valence-corrected chi connectivity index (χ3v) is 3.87. The summed E-state index contributed by atoms with van der Waals surface area (Å²) < 4.78 is 0. The number of alkyl halides is 1. The van der Waals surface area contributed by atoms with Gasteiger partial charge in [0.2, 0.25) is 5.95 Å². The predicted molar refractivity (Wildman–Crippen MR) is 79.6 cm³/mol. The quantitative estimate of drug-likeness (QED) is 0.864. The zero-order valence-corrected chi connectivity index (χ0v) is 11.7. The van der Waals surface area contributed by atoms with Crippen LogP contribution < -0.4 is 4.90 Å². The van der Waals surface area contributed by atoms with Crippen molar-refractivity contribution in [3.05, 3.63) is 36.0 Å². The molecular formula is C15H18ClN3. The van der Waals surface area contributed by atoms with Crippen LogP contribution in [0.2, 0.25) is 0 Å². The molecule has 100 valence electrons. The van der Waals surface area contributed by atoms with Crippen molar-refractivity contribution >= 4 is 17.5 Å². The van der Waals surface area contributed by atoms with E-state index in [0.717, 1.165) is 36.0 Å². The van der Waals surface area contributed by atoms with Crippen LogP contribution in [0.4, 0.5) is 5.95 Å². The molecule has 2 aromatic rings. The fourth-order valence-corrected chi connectivity index (χ4v) is 2.78. The first-order valence-electron chi connectivity index (χ1n) is 6.83. The lowest BCUT2D eigenvalue weighted by molar-refractivity contribution is 0.570. The molecule has 1 aliphatic heterocycles. The van der Waals surface area contributed by atoms with Gasteiger partial charge in [0.1, 0.15) is 0 Å². The van der Waals surface area contributed by atoms with Crippen molar-refractivity contribution in [2.24, 2.45) is 0 Å². The number of H-pyrrole nitrogens is 1. The van der Waals surface area contributed by atoms with E-state index in [9.17, 15) is 0 Å². The Morgan fingerprint density at radius 2 is 1.84 bits per heavy atom. The highest BCUT2D eigenvalue weighted by atomic mass is 35.5. The van der Waals surface area contributed by atoms with Gasteiger partial charge in [0, 0.05) is 18.7 Å². The van der Waals surface area contributed by atoms with Crippen LogP contribution in [0.1, 0.15) is 25.0 Å². The van der Waals surface area contributed by atoms with E-state index in [1.807, 2.05) is 18.2 Å². The van der Waals surface area contributed by atoms with Crippen molar-refractivity contribution in [1.29, 1.82) is 0 Å². The summed E-state index contributed by atoms with van der Waals surface area (Å²) in [6.45, 7) is 2.17. The lowest BCUT2D eigenvalue weighted by atomic mass is 10.1. The molecule has 0 saturated carbocycles. The largest absolute Gasteiger partial charge is 0.342 e. The Hall–Kier alpha value is -1.48. The monoisotopic (exact) mass is 275 g/mol. The number of halogens is 1. The van der Waals surface area contributed by atoms with Gasteiger partial charge >= 0.3 is 0 Å². The van der Waals surface area contributed by atoms with Crippen LogP contribution in [0.5, 0.6) is 0 Å². The first-order valence-corrected chi connectivity index (χ1v) is 7.37. The van der Waals surface area contributed by atoms with Gasteiger partial charge in [0.05, 0.1) is 17.3 Å². The zero-order valence-electron chi connectivity index (χ0n) is 10.9. The SMILES string of the molecule is ClCc1[nH]c(N2CCCCC2)nc1-c1ccccc1. The molecule has 0 amide bonds. The molecule has 1 fully saturated rings. The number of aromatic amines is 1. The van der Waals surface area contributed by atoms with Crippen LogP contribution in [0.15, 0.2) is 30.3 Å². The number of benzene rings is 1. The second-order valence-electron chi connectivity index (χ2n) is 4.93. The Labute approximate surface area is 118 Å². The average Bonchev–Trinajstić information content (AvgIpc) is 2.93. The molecule has 0 spiro atoms. The minimum Gasteiger partial charge on any atom is -0.342 e. The molecule has 3 nitrogen and oxygen atoms in total. The predicted octanol–water partition coefficient (Wildman–Crippen LogP) is 3.81. The maximum atomic E-state index is 6.04. The molecule has 0 unspecified atom stereocenters. The maximum absolute atomic E-state index is 6.04. The Bertz CT molecular complexity index is 530. The maximum Gasteiger partial charge on any atom is 0.203 e. The average molecular weight is 276 g/mol. The highest BCUT2D eigenvalue weighted by Crippen LogP contribution is 2.27. The van der Waals surface area contributed by atoms with E-state index in [4.69, 9.17) is 16.6 Å². The number of hydrogen-bond acceptors (Lipinski definition) is 2. The van der Waals surface area contributed by atoms with Crippen molar-refractivity contribution in [2.75, 3.05) is 18.0 Å². The molecular weight excluding hydrogens is 258 g/mol. The second-order valence-corrected chi connectivity index (χ2v) is 5.20. The number of rotatable bonds is 3. The number of imidazole rings is 1. The van der Waals surface area contributed by atoms with Crippen LogP contribution in [-0.2, 0) is 5.88 Å². The summed E-state index contributed by atoms with van der Waals surface area (Å²) in [4.78, 5) is 10.5. The smallest absolute Gasteiger partial charge is 0.203 e. The van der Waals surface area contributed by atoms with E-state index >= 15 is 0 Å². The van der Waals surface area contributed by atoms with Crippen LogP contribution in [0, 0.1) is 0 Å². The van der Waals surface area contributed by atoms with E-state index in [0.29, 0.717) is 5.88 Å². The van der Waals surface area contributed by atoms with Gasteiger partial charge in [-0.05, 0) is 19.3 Å². The normalized spacial score (nSPS) is 15.7. The van der Waals surface area contributed by atoms with Crippen LogP contribution in [-0.4, -0.2) is 23.1 Å². The first-order chi connectivity index (χ1) is 9.38. The molecule has 1 N–H and O–H groups in total. The summed E-state index contributed by atoms with van der Waals surface area (Å²) in [6, 6.07) is 10.2. The Morgan fingerprint density at radius 3 is 2.53 bits per heavy atom. The number of nitrogens with zero attached hydrogens (tertiary/aromatic N) is 2. The van der Waals surface area contributed by atoms with Crippen molar-refractivity contribution in [3.63, 3.8) is 0 Å². The van der Waals surface area contributed by atoms with Gasteiger partial charge in [-0.3, -0.25) is 0 Å². The highest BCUT2D eigenvalue weighted by Gasteiger charge is 2.17. The lowest BCUT2D eigenvalue weighted by Crippen LogP contribution is -2.30. The zero-order chi connectivity index (χ0) is 13.1.